The van der Waals surface area contributed by atoms with Crippen molar-refractivity contribution in [3.05, 3.63) is 72.3 Å². The summed E-state index contributed by atoms with van der Waals surface area (Å²) in [4.78, 5) is 0. The van der Waals surface area contributed by atoms with Gasteiger partial charge in [-0.05, 0) is 49.2 Å². The highest BCUT2D eigenvalue weighted by molar-refractivity contribution is 5.62. The Bertz CT molecular complexity index is 857. The van der Waals surface area contributed by atoms with Crippen molar-refractivity contribution in [2.45, 2.75) is 25.5 Å². The number of nitrogens with one attached hydrogen (secondary N) is 1. The number of halogens is 1. The van der Waals surface area contributed by atoms with Gasteiger partial charge in [-0.1, -0.05) is 36.4 Å². The molecular weight excluding hydrogens is 329 g/mol. The molecule has 1 fully saturated rings. The lowest BCUT2D eigenvalue weighted by Crippen LogP contribution is -2.29. The third kappa shape index (κ3) is 3.78. The fraction of sp³-hybridized carbons (Fsp3) is 0.286. The second-order valence-corrected chi connectivity index (χ2v) is 6.61. The molecule has 1 aliphatic heterocycles. The van der Waals surface area contributed by atoms with Crippen LogP contribution < -0.4 is 10.1 Å². The number of rotatable bonds is 5. The minimum atomic E-state index is -0.354. The Hall–Kier alpha value is -2.66. The zero-order chi connectivity index (χ0) is 17.8. The van der Waals surface area contributed by atoms with Crippen LogP contribution in [0.4, 0.5) is 4.39 Å². The summed E-state index contributed by atoms with van der Waals surface area (Å²) in [5.74, 6) is -0.0867. The lowest BCUT2D eigenvalue weighted by atomic mass is 10.1. The van der Waals surface area contributed by atoms with Crippen LogP contribution in [0.2, 0.25) is 0 Å². The molecule has 1 saturated heterocycles. The van der Waals surface area contributed by atoms with Crippen molar-refractivity contribution in [2.75, 3.05) is 13.1 Å². The first-order valence-corrected chi connectivity index (χ1v) is 9.01. The molecule has 0 bridgehead atoms. The van der Waals surface area contributed by atoms with Crippen LogP contribution in [0, 0.1) is 5.82 Å². The minimum Gasteiger partial charge on any atom is -0.486 e. The van der Waals surface area contributed by atoms with E-state index in [1.807, 2.05) is 47.3 Å². The molecule has 26 heavy (non-hydrogen) atoms. The highest BCUT2D eigenvalue weighted by Crippen LogP contribution is 2.27. The van der Waals surface area contributed by atoms with Gasteiger partial charge in [-0.15, -0.1) is 0 Å². The molecule has 0 unspecified atom stereocenters. The average molecular weight is 351 g/mol. The van der Waals surface area contributed by atoms with E-state index < -0.39 is 0 Å². The predicted molar refractivity (Wildman–Crippen MR) is 99.5 cm³/mol. The van der Waals surface area contributed by atoms with Gasteiger partial charge in [0.15, 0.2) is 11.6 Å². The molecule has 0 amide bonds. The molecule has 0 spiro atoms. The van der Waals surface area contributed by atoms with E-state index in [0.717, 1.165) is 42.6 Å². The molecule has 4 rings (SSSR count). The summed E-state index contributed by atoms with van der Waals surface area (Å²) in [7, 11) is 0. The van der Waals surface area contributed by atoms with Gasteiger partial charge in [-0.25, -0.2) is 4.39 Å². The van der Waals surface area contributed by atoms with Gasteiger partial charge in [-0.2, -0.15) is 5.10 Å². The maximum atomic E-state index is 14.4. The first-order chi connectivity index (χ1) is 12.8. The van der Waals surface area contributed by atoms with Gasteiger partial charge >= 0.3 is 0 Å². The van der Waals surface area contributed by atoms with Crippen molar-refractivity contribution < 1.29 is 9.13 Å². The van der Waals surface area contributed by atoms with Gasteiger partial charge in [0.25, 0.3) is 0 Å². The standard InChI is InChI=1S/C21H22FN3O/c22-20-12-17(6-7-21(20)26-15-16-4-2-1-3-5-16)18-13-24-25(14-18)19-8-10-23-11-9-19/h1-7,12-14,19,23H,8-11,15H2. The maximum Gasteiger partial charge on any atom is 0.165 e. The predicted octanol–water partition coefficient (Wildman–Crippen LogP) is 4.19. The van der Waals surface area contributed by atoms with Gasteiger partial charge in [-0.3, -0.25) is 4.68 Å². The molecule has 1 N–H and O–H groups in total. The fourth-order valence-electron chi connectivity index (χ4n) is 3.29. The van der Waals surface area contributed by atoms with E-state index in [9.17, 15) is 4.39 Å². The topological polar surface area (TPSA) is 39.1 Å². The molecule has 2 heterocycles. The molecule has 3 aromatic rings. The molecule has 0 saturated carbocycles. The number of ether oxygens (including phenoxy) is 1. The number of piperidine rings is 1. The van der Waals surface area contributed by atoms with Crippen molar-refractivity contribution in [2.24, 2.45) is 0 Å². The molecular formula is C21H22FN3O. The van der Waals surface area contributed by atoms with Gasteiger partial charge in [0, 0.05) is 11.8 Å². The van der Waals surface area contributed by atoms with Crippen LogP contribution in [0.3, 0.4) is 0 Å². The van der Waals surface area contributed by atoms with Gasteiger partial charge in [0.05, 0.1) is 12.2 Å². The maximum absolute atomic E-state index is 14.4. The van der Waals surface area contributed by atoms with Gasteiger partial charge in [0.1, 0.15) is 6.61 Å². The molecule has 134 valence electrons. The average Bonchev–Trinajstić information content (AvgIpc) is 3.19. The second kappa shape index (κ2) is 7.70. The second-order valence-electron chi connectivity index (χ2n) is 6.61. The molecule has 4 nitrogen and oxygen atoms in total. The van der Waals surface area contributed by atoms with E-state index in [2.05, 4.69) is 10.4 Å². The SMILES string of the molecule is Fc1cc(-c2cnn(C3CCNCC3)c2)ccc1OCc1ccccc1. The Morgan fingerprint density at radius 3 is 2.65 bits per heavy atom. The number of hydrogen-bond donors (Lipinski definition) is 1. The molecule has 0 radical (unpaired) electrons. The third-order valence-electron chi connectivity index (χ3n) is 4.79. The van der Waals surface area contributed by atoms with Gasteiger partial charge in [0.2, 0.25) is 0 Å². The van der Waals surface area contributed by atoms with Crippen LogP contribution >= 0.6 is 0 Å². The van der Waals surface area contributed by atoms with Crippen molar-refractivity contribution in [1.29, 1.82) is 0 Å². The van der Waals surface area contributed by atoms with Crippen molar-refractivity contribution >= 4 is 0 Å². The van der Waals surface area contributed by atoms with E-state index in [1.54, 1.807) is 12.3 Å². The van der Waals surface area contributed by atoms with E-state index in [1.165, 1.54) is 6.07 Å². The third-order valence-corrected chi connectivity index (χ3v) is 4.79. The van der Waals surface area contributed by atoms with Crippen LogP contribution in [0.5, 0.6) is 5.75 Å². The summed E-state index contributed by atoms with van der Waals surface area (Å²) in [6.07, 6.45) is 5.96. The summed E-state index contributed by atoms with van der Waals surface area (Å²) in [6.45, 7) is 2.38. The number of benzene rings is 2. The fourth-order valence-corrected chi connectivity index (χ4v) is 3.29. The zero-order valence-corrected chi connectivity index (χ0v) is 14.6. The van der Waals surface area contributed by atoms with E-state index in [-0.39, 0.29) is 11.6 Å². The minimum absolute atomic E-state index is 0.267. The Morgan fingerprint density at radius 2 is 1.88 bits per heavy atom. The number of hydrogen-bond acceptors (Lipinski definition) is 3. The Labute approximate surface area is 152 Å². The lowest BCUT2D eigenvalue weighted by Gasteiger charge is -2.22. The Kier molecular flexibility index (Phi) is 4.97. The molecule has 5 heteroatoms. The normalized spacial score (nSPS) is 15.1. The summed E-state index contributed by atoms with van der Waals surface area (Å²) >= 11 is 0. The van der Waals surface area contributed by atoms with Crippen LogP contribution in [0.15, 0.2) is 60.9 Å². The summed E-state index contributed by atoms with van der Waals surface area (Å²) < 4.78 is 22.1. The number of aromatic nitrogens is 2. The van der Waals surface area contributed by atoms with Crippen molar-refractivity contribution in [3.8, 4) is 16.9 Å². The smallest absolute Gasteiger partial charge is 0.165 e. The highest BCUT2D eigenvalue weighted by Gasteiger charge is 2.16. The number of nitrogens with zero attached hydrogens (tertiary/aromatic N) is 2. The zero-order valence-electron chi connectivity index (χ0n) is 14.6. The monoisotopic (exact) mass is 351 g/mol. The van der Waals surface area contributed by atoms with E-state index in [4.69, 9.17) is 4.74 Å². The summed E-state index contributed by atoms with van der Waals surface area (Å²) in [6, 6.07) is 15.3. The Balaban J connectivity index is 1.46. The van der Waals surface area contributed by atoms with Crippen LogP contribution in [-0.4, -0.2) is 22.9 Å². The quantitative estimate of drug-likeness (QED) is 0.749. The highest BCUT2D eigenvalue weighted by atomic mass is 19.1. The van der Waals surface area contributed by atoms with Crippen LogP contribution in [0.1, 0.15) is 24.4 Å². The van der Waals surface area contributed by atoms with Crippen molar-refractivity contribution in [3.63, 3.8) is 0 Å². The first-order valence-electron chi connectivity index (χ1n) is 9.01. The molecule has 1 aliphatic rings. The lowest BCUT2D eigenvalue weighted by molar-refractivity contribution is 0.290. The summed E-state index contributed by atoms with van der Waals surface area (Å²) in [5, 5.41) is 7.84. The van der Waals surface area contributed by atoms with Crippen LogP contribution in [-0.2, 0) is 6.61 Å². The van der Waals surface area contributed by atoms with E-state index in [0.29, 0.717) is 12.6 Å². The van der Waals surface area contributed by atoms with E-state index >= 15 is 0 Å². The summed E-state index contributed by atoms with van der Waals surface area (Å²) in [5.41, 5.74) is 2.76. The van der Waals surface area contributed by atoms with Crippen molar-refractivity contribution in [1.82, 2.24) is 15.1 Å². The van der Waals surface area contributed by atoms with Gasteiger partial charge < -0.3 is 10.1 Å². The Morgan fingerprint density at radius 1 is 1.08 bits per heavy atom. The first kappa shape index (κ1) is 16.8. The largest absolute Gasteiger partial charge is 0.486 e. The molecule has 0 atom stereocenters. The molecule has 1 aromatic heterocycles. The van der Waals surface area contributed by atoms with Crippen LogP contribution in [0.25, 0.3) is 11.1 Å². The molecule has 2 aromatic carbocycles. The molecule has 0 aliphatic carbocycles.